The Bertz CT molecular complexity index is 1090. The zero-order chi connectivity index (χ0) is 21.8. The number of carbonyl (C=O) groups is 2. The largest absolute Gasteiger partial charge is 0.324 e. The van der Waals surface area contributed by atoms with Gasteiger partial charge in [0.1, 0.15) is 16.6 Å². The molecule has 0 radical (unpaired) electrons. The lowest BCUT2D eigenvalue weighted by Gasteiger charge is -2.31. The fourth-order valence-corrected chi connectivity index (χ4v) is 4.19. The third-order valence-electron chi connectivity index (χ3n) is 4.91. The summed E-state index contributed by atoms with van der Waals surface area (Å²) in [5.74, 6) is -1.38. The Hall–Kier alpha value is -3.40. The zero-order valence-corrected chi connectivity index (χ0v) is 17.2. The summed E-state index contributed by atoms with van der Waals surface area (Å²) >= 11 is 1.16. The summed E-state index contributed by atoms with van der Waals surface area (Å²) in [6.45, 7) is 0.946. The minimum absolute atomic E-state index is 0.0648. The lowest BCUT2D eigenvalue weighted by atomic mass is 9.99. The van der Waals surface area contributed by atoms with Crippen molar-refractivity contribution >= 4 is 34.6 Å². The van der Waals surface area contributed by atoms with E-state index in [2.05, 4.69) is 20.8 Å². The Morgan fingerprint density at radius 2 is 1.81 bits per heavy atom. The van der Waals surface area contributed by atoms with Crippen molar-refractivity contribution in [2.45, 2.75) is 18.8 Å². The number of benzene rings is 2. The summed E-state index contributed by atoms with van der Waals surface area (Å²) in [5.41, 5.74) is 0.585. The number of hydrogen-bond acceptors (Lipinski definition) is 5. The van der Waals surface area contributed by atoms with Crippen LogP contribution in [0.3, 0.4) is 0 Å². The minimum Gasteiger partial charge on any atom is -0.324 e. The maximum Gasteiger partial charge on any atom is 0.321 e. The van der Waals surface area contributed by atoms with Crippen LogP contribution in [0.1, 0.15) is 33.6 Å². The fraction of sp³-hybridized carbons (Fsp3) is 0.238. The summed E-state index contributed by atoms with van der Waals surface area (Å²) in [5, 5.41) is 14.2. The topological polar surface area (TPSA) is 87.2 Å². The Labute approximate surface area is 181 Å². The van der Waals surface area contributed by atoms with E-state index in [4.69, 9.17) is 0 Å². The van der Waals surface area contributed by atoms with E-state index in [9.17, 15) is 18.4 Å². The average Bonchev–Trinajstić information content (AvgIpc) is 3.28. The van der Waals surface area contributed by atoms with Crippen LogP contribution in [0.15, 0.2) is 48.5 Å². The highest BCUT2D eigenvalue weighted by molar-refractivity contribution is 7.13. The van der Waals surface area contributed by atoms with Crippen molar-refractivity contribution < 1.29 is 18.4 Å². The molecule has 2 aromatic carbocycles. The van der Waals surface area contributed by atoms with Crippen molar-refractivity contribution in [2.75, 3.05) is 23.7 Å². The summed E-state index contributed by atoms with van der Waals surface area (Å²) in [6.07, 6.45) is 1.56. The Morgan fingerprint density at radius 1 is 1.03 bits per heavy atom. The molecule has 1 aliphatic heterocycles. The van der Waals surface area contributed by atoms with Crippen LogP contribution in [-0.2, 0) is 0 Å². The summed E-state index contributed by atoms with van der Waals surface area (Å²) < 4.78 is 26.8. The van der Waals surface area contributed by atoms with Gasteiger partial charge in [0.15, 0.2) is 0 Å². The minimum atomic E-state index is -0.495. The van der Waals surface area contributed by atoms with Crippen molar-refractivity contribution in [1.82, 2.24) is 15.1 Å². The Morgan fingerprint density at radius 3 is 2.58 bits per heavy atom. The molecule has 7 nitrogen and oxygen atoms in total. The van der Waals surface area contributed by atoms with Crippen LogP contribution in [0.5, 0.6) is 0 Å². The molecule has 3 aromatic rings. The lowest BCUT2D eigenvalue weighted by Crippen LogP contribution is -2.41. The van der Waals surface area contributed by atoms with E-state index >= 15 is 0 Å². The van der Waals surface area contributed by atoms with Crippen molar-refractivity contribution in [3.63, 3.8) is 0 Å². The monoisotopic (exact) mass is 443 g/mol. The molecular weight excluding hydrogens is 424 g/mol. The smallest absolute Gasteiger partial charge is 0.321 e. The molecule has 0 saturated carbocycles. The van der Waals surface area contributed by atoms with Gasteiger partial charge in [-0.25, -0.2) is 13.6 Å². The molecule has 1 fully saturated rings. The van der Waals surface area contributed by atoms with E-state index in [1.54, 1.807) is 17.0 Å². The van der Waals surface area contributed by atoms with E-state index in [1.165, 1.54) is 36.4 Å². The van der Waals surface area contributed by atoms with Gasteiger partial charge in [-0.05, 0) is 49.2 Å². The van der Waals surface area contributed by atoms with Gasteiger partial charge in [-0.3, -0.25) is 4.79 Å². The number of para-hydroxylation sites is 1. The molecule has 2 N–H and O–H groups in total. The molecule has 1 atom stereocenters. The first-order valence-corrected chi connectivity index (χ1v) is 10.5. The first-order valence-electron chi connectivity index (χ1n) is 9.70. The van der Waals surface area contributed by atoms with Gasteiger partial charge in [0.05, 0.1) is 5.69 Å². The summed E-state index contributed by atoms with van der Waals surface area (Å²) in [4.78, 5) is 26.6. The molecule has 1 aliphatic rings. The number of urea groups is 1. The average molecular weight is 443 g/mol. The van der Waals surface area contributed by atoms with Gasteiger partial charge >= 0.3 is 6.03 Å². The first kappa shape index (κ1) is 20.9. The number of anilines is 2. The van der Waals surface area contributed by atoms with Crippen LogP contribution < -0.4 is 10.6 Å². The predicted octanol–water partition coefficient (Wildman–Crippen LogP) is 4.48. The molecule has 2 heterocycles. The van der Waals surface area contributed by atoms with E-state index in [-0.39, 0.29) is 22.6 Å². The van der Waals surface area contributed by atoms with Gasteiger partial charge in [-0.2, -0.15) is 0 Å². The standard InChI is InChI=1S/C21H19F2N5O2S/c22-14-7-9-15(10-8-14)24-18(29)20-27-26-19(31-20)13-4-3-11-28(12-13)21(30)25-17-6-2-1-5-16(17)23/h1-2,5-10,13H,3-4,11-12H2,(H,24,29)(H,25,30)/t13-/m0/s1. The number of carbonyl (C=O) groups excluding carboxylic acids is 2. The molecule has 160 valence electrons. The quantitative estimate of drug-likeness (QED) is 0.622. The molecule has 0 bridgehead atoms. The molecule has 10 heteroatoms. The highest BCUT2D eigenvalue weighted by Gasteiger charge is 2.28. The van der Waals surface area contributed by atoms with Crippen LogP contribution in [0, 0.1) is 11.6 Å². The molecule has 4 rings (SSSR count). The second kappa shape index (κ2) is 9.17. The maximum atomic E-state index is 13.8. The summed E-state index contributed by atoms with van der Waals surface area (Å²) in [6, 6.07) is 11.0. The number of halogens is 2. The van der Waals surface area contributed by atoms with Crippen LogP contribution >= 0.6 is 11.3 Å². The number of nitrogens with zero attached hydrogens (tertiary/aromatic N) is 3. The molecule has 1 saturated heterocycles. The molecule has 0 aliphatic carbocycles. The third-order valence-corrected chi connectivity index (χ3v) is 5.99. The van der Waals surface area contributed by atoms with Crippen LogP contribution in [0.25, 0.3) is 0 Å². The fourth-order valence-electron chi connectivity index (χ4n) is 3.33. The number of nitrogens with one attached hydrogen (secondary N) is 2. The highest BCUT2D eigenvalue weighted by atomic mass is 32.1. The lowest BCUT2D eigenvalue weighted by molar-refractivity contribution is 0.102. The van der Waals surface area contributed by atoms with Gasteiger partial charge in [0, 0.05) is 24.7 Å². The normalized spacial score (nSPS) is 16.1. The Kier molecular flexibility index (Phi) is 6.17. The third kappa shape index (κ3) is 5.02. The number of amides is 3. The molecular formula is C21H19F2N5O2S. The van der Waals surface area contributed by atoms with Gasteiger partial charge < -0.3 is 15.5 Å². The number of piperidine rings is 1. The van der Waals surface area contributed by atoms with E-state index in [0.717, 1.165) is 24.2 Å². The highest BCUT2D eigenvalue weighted by Crippen LogP contribution is 2.30. The molecule has 1 aromatic heterocycles. The van der Waals surface area contributed by atoms with Gasteiger partial charge in [0.25, 0.3) is 5.91 Å². The SMILES string of the molecule is O=C(Nc1ccc(F)cc1)c1nnc([C@H]2CCCN(C(=O)Nc3ccccc3F)C2)s1. The number of aromatic nitrogens is 2. The van der Waals surface area contributed by atoms with Crippen molar-refractivity contribution in [1.29, 1.82) is 0 Å². The van der Waals surface area contributed by atoms with Crippen molar-refractivity contribution in [2.24, 2.45) is 0 Å². The van der Waals surface area contributed by atoms with Crippen LogP contribution in [0.4, 0.5) is 25.0 Å². The molecule has 31 heavy (non-hydrogen) atoms. The van der Waals surface area contributed by atoms with Gasteiger partial charge in [0.2, 0.25) is 5.01 Å². The van der Waals surface area contributed by atoms with Crippen molar-refractivity contribution in [3.05, 3.63) is 70.2 Å². The maximum absolute atomic E-state index is 13.8. The number of likely N-dealkylation sites (tertiary alicyclic amines) is 1. The second-order valence-electron chi connectivity index (χ2n) is 7.10. The van der Waals surface area contributed by atoms with Crippen molar-refractivity contribution in [3.8, 4) is 0 Å². The zero-order valence-electron chi connectivity index (χ0n) is 16.3. The second-order valence-corrected chi connectivity index (χ2v) is 8.11. The molecule has 0 unspecified atom stereocenters. The first-order chi connectivity index (χ1) is 15.0. The van der Waals surface area contributed by atoms with Crippen LogP contribution in [0.2, 0.25) is 0 Å². The Balaban J connectivity index is 1.39. The van der Waals surface area contributed by atoms with E-state index < -0.39 is 17.5 Å². The summed E-state index contributed by atoms with van der Waals surface area (Å²) in [7, 11) is 0. The van der Waals surface area contributed by atoms with E-state index in [1.807, 2.05) is 0 Å². The van der Waals surface area contributed by atoms with Crippen LogP contribution in [-0.4, -0.2) is 40.1 Å². The number of hydrogen-bond donors (Lipinski definition) is 2. The molecule has 3 amide bonds. The van der Waals surface area contributed by atoms with E-state index in [0.29, 0.717) is 23.8 Å². The number of rotatable bonds is 4. The molecule has 0 spiro atoms. The van der Waals surface area contributed by atoms with Gasteiger partial charge in [-0.1, -0.05) is 23.5 Å². The predicted molar refractivity (Wildman–Crippen MR) is 113 cm³/mol. The van der Waals surface area contributed by atoms with Gasteiger partial charge in [-0.15, -0.1) is 10.2 Å².